The van der Waals surface area contributed by atoms with Crippen molar-refractivity contribution in [3.8, 4) is 0 Å². The van der Waals surface area contributed by atoms with Gasteiger partial charge in [0.1, 0.15) is 0 Å². The molecule has 0 aromatic rings. The minimum atomic E-state index is -2.27. The average molecular weight is 248 g/mol. The molecule has 0 aliphatic rings. The van der Waals surface area contributed by atoms with E-state index in [9.17, 15) is 9.38 Å². The molecular weight excluding hydrogens is 241 g/mol. The molecule has 9 heteroatoms. The standard InChI is InChI=1S/C4H6O6.FH.2K.H/c5-1(3(7)8)2(6)4(9)10;;;;/h1-2,5-6H,(H,7,8)(H,9,10);1H;;;/q;;;+1;/p-1. The van der Waals surface area contributed by atoms with Crippen molar-refractivity contribution in [2.75, 3.05) is 0 Å². The Kier molecular flexibility index (Phi) is 19.1. The second-order valence-electron chi connectivity index (χ2n) is 1.57. The Balaban J connectivity index is -0.000000309. The molecule has 0 fully saturated rings. The number of hydrogen-bond acceptors (Lipinski definition) is 4. The first-order valence-corrected chi connectivity index (χ1v) is 3.84. The van der Waals surface area contributed by atoms with Gasteiger partial charge in [-0.1, -0.05) is 0 Å². The van der Waals surface area contributed by atoms with E-state index in [1.54, 1.807) is 0 Å². The minimum absolute atomic E-state index is 0. The topological polar surface area (TPSA) is 115 Å². The van der Waals surface area contributed by atoms with Crippen LogP contribution in [0.5, 0.6) is 0 Å². The van der Waals surface area contributed by atoms with Gasteiger partial charge in [0, 0.05) is 0 Å². The first kappa shape index (κ1) is 20.5. The maximum absolute atomic E-state index is 9.77. The van der Waals surface area contributed by atoms with Crippen molar-refractivity contribution in [1.29, 1.82) is 0 Å². The fraction of sp³-hybridized carbons (Fsp3) is 0.500. The molecule has 4 N–H and O–H groups in total. The molecule has 0 aliphatic carbocycles. The Labute approximate surface area is 152 Å². The Morgan fingerprint density at radius 2 is 1.15 bits per heavy atom. The third kappa shape index (κ3) is 10.3. The third-order valence-electron chi connectivity index (χ3n) is 0.805. The van der Waals surface area contributed by atoms with Gasteiger partial charge in [0.25, 0.3) is 0 Å². The van der Waals surface area contributed by atoms with Gasteiger partial charge in [-0.3, -0.25) is 0 Å². The number of aliphatic hydroxyl groups is 2. The molecule has 13 heavy (non-hydrogen) atoms. The number of carboxylic acid groups (broad SMARTS) is 2. The molecule has 0 heterocycles. The van der Waals surface area contributed by atoms with Gasteiger partial charge >= 0.3 is 113 Å². The van der Waals surface area contributed by atoms with Gasteiger partial charge < -0.3 is 20.4 Å². The Morgan fingerprint density at radius 3 is 1.23 bits per heavy atom. The van der Waals surface area contributed by atoms with Crippen LogP contribution in [-0.2, 0) is 9.59 Å². The van der Waals surface area contributed by atoms with Crippen LogP contribution in [0.25, 0.3) is 0 Å². The zero-order valence-electron chi connectivity index (χ0n) is 6.14. The molecule has 2 atom stereocenters. The summed E-state index contributed by atoms with van der Waals surface area (Å²) in [6, 6.07) is 0. The van der Waals surface area contributed by atoms with Crippen LogP contribution in [0.1, 0.15) is 0 Å². The molecule has 2 unspecified atom stereocenters. The monoisotopic (exact) mass is 248 g/mol. The molecule has 0 amide bonds. The molecule has 68 valence electrons. The van der Waals surface area contributed by atoms with Crippen LogP contribution >= 0.6 is 0 Å². The molecule has 0 spiro atoms. The first-order valence-electron chi connectivity index (χ1n) is 2.66. The quantitative estimate of drug-likeness (QED) is 0.403. The van der Waals surface area contributed by atoms with Crippen LogP contribution in [-0.4, -0.2) is 146 Å². The number of aliphatic carboxylic acids is 2. The molecule has 0 rings (SSSR count). The van der Waals surface area contributed by atoms with Gasteiger partial charge in [-0.25, -0.2) is 9.59 Å². The van der Waals surface area contributed by atoms with Crippen molar-refractivity contribution < 1.29 is 29.8 Å². The fourth-order valence-electron chi connectivity index (χ4n) is 0.270. The third-order valence-corrected chi connectivity index (χ3v) is 0.805. The van der Waals surface area contributed by atoms with Gasteiger partial charge in [0.05, 0.1) is 0 Å². The summed E-state index contributed by atoms with van der Waals surface area (Å²) in [7, 11) is 0. The summed E-state index contributed by atoms with van der Waals surface area (Å²) < 4.78 is 9.69. The summed E-state index contributed by atoms with van der Waals surface area (Å²) in [6.45, 7) is 0. The summed E-state index contributed by atoms with van der Waals surface area (Å²) in [5.74, 6) is -3.54. The van der Waals surface area contributed by atoms with E-state index < -0.39 is 74.1 Å². The van der Waals surface area contributed by atoms with Gasteiger partial charge in [-0.05, 0) is 0 Å². The molecular formula is C4H7FK2O6. The van der Waals surface area contributed by atoms with Crippen LogP contribution < -0.4 is 0 Å². The van der Waals surface area contributed by atoms with Crippen LogP contribution in [0.15, 0.2) is 0 Å². The Hall–Kier alpha value is 2.06. The van der Waals surface area contributed by atoms with Gasteiger partial charge in [-0.2, -0.15) is 0 Å². The van der Waals surface area contributed by atoms with Crippen LogP contribution in [0.3, 0.4) is 0 Å². The van der Waals surface area contributed by atoms with E-state index in [1.165, 1.54) is 0 Å². The van der Waals surface area contributed by atoms with Crippen molar-refractivity contribution in [2.24, 2.45) is 0 Å². The van der Waals surface area contributed by atoms with E-state index in [2.05, 4.69) is 0 Å². The van der Waals surface area contributed by atoms with Crippen molar-refractivity contribution in [2.45, 2.75) is 12.2 Å². The molecule has 6 nitrogen and oxygen atoms in total. The van der Waals surface area contributed by atoms with Crippen LogP contribution in [0, 0.1) is 0 Å². The summed E-state index contributed by atoms with van der Waals surface area (Å²) in [6.07, 6.45) is -4.53. The molecule has 0 aliphatic heterocycles. The van der Waals surface area contributed by atoms with Gasteiger partial charge in [-0.15, -0.1) is 0 Å². The van der Waals surface area contributed by atoms with E-state index in [-0.39, 0.29) is 51.4 Å². The number of halogens is 1. The SMILES string of the molecule is O=C(O)C(O)C(O)C(=O)O.[F][K].[KH]. The van der Waals surface area contributed by atoms with Crippen molar-refractivity contribution >= 4 is 113 Å². The predicted octanol–water partition coefficient (Wildman–Crippen LogP) is -2.73. The van der Waals surface area contributed by atoms with E-state index in [0.717, 1.165) is 0 Å². The maximum atomic E-state index is 9.77. The molecule has 0 bridgehead atoms. The van der Waals surface area contributed by atoms with E-state index >= 15 is 0 Å². The van der Waals surface area contributed by atoms with Crippen LogP contribution in [0.2, 0.25) is 0 Å². The molecule has 0 saturated carbocycles. The molecule has 0 saturated heterocycles. The summed E-state index contributed by atoms with van der Waals surface area (Å²) in [5, 5.41) is 32.5. The van der Waals surface area contributed by atoms with E-state index in [1.807, 2.05) is 0 Å². The average Bonchev–Trinajstić information content (AvgIpc) is 2.05. The normalized spacial score (nSPS) is 12.7. The molecule has 0 aromatic carbocycles. The number of carboxylic acids is 2. The van der Waals surface area contributed by atoms with E-state index in [0.29, 0.717) is 0 Å². The zero-order chi connectivity index (χ0) is 10.3. The van der Waals surface area contributed by atoms with Crippen molar-refractivity contribution in [1.82, 2.24) is 0 Å². The summed E-state index contributed by atoms with van der Waals surface area (Å²) in [4.78, 5) is 19.5. The Bertz CT molecular complexity index is 147. The molecule has 0 aromatic heterocycles. The first-order chi connectivity index (χ1) is 5.46. The van der Waals surface area contributed by atoms with Crippen molar-refractivity contribution in [3.63, 3.8) is 0 Å². The number of hydrogen-bond donors (Lipinski definition) is 4. The van der Waals surface area contributed by atoms with E-state index in [4.69, 9.17) is 20.4 Å². The molecule has 0 radical (unpaired) electrons. The fourth-order valence-corrected chi connectivity index (χ4v) is 0.270. The van der Waals surface area contributed by atoms with Gasteiger partial charge in [0.2, 0.25) is 0 Å². The van der Waals surface area contributed by atoms with Crippen LogP contribution in [0.4, 0.5) is -0.211 Å². The van der Waals surface area contributed by atoms with Gasteiger partial charge in [0.15, 0.2) is 12.2 Å². The number of rotatable bonds is 3. The second kappa shape index (κ2) is 12.1. The number of aliphatic hydroxyl groups excluding tert-OH is 2. The zero-order valence-corrected chi connectivity index (χ0v) is 9.26. The Morgan fingerprint density at radius 1 is 1.00 bits per heavy atom. The number of carbonyl (C=O) groups is 2. The van der Waals surface area contributed by atoms with Crippen molar-refractivity contribution in [3.05, 3.63) is 0 Å². The second-order valence-corrected chi connectivity index (χ2v) is 1.57. The predicted molar refractivity (Wildman–Crippen MR) is 41.3 cm³/mol. The summed E-state index contributed by atoms with van der Waals surface area (Å²) >= 11 is -0.438. The summed E-state index contributed by atoms with van der Waals surface area (Å²) in [5.41, 5.74) is 0.